The van der Waals surface area contributed by atoms with Gasteiger partial charge in [0.15, 0.2) is 6.29 Å². The van der Waals surface area contributed by atoms with Crippen LogP contribution in [0.4, 0.5) is 0 Å². The zero-order valence-corrected chi connectivity index (χ0v) is 12.1. The molecule has 1 unspecified atom stereocenters. The summed E-state index contributed by atoms with van der Waals surface area (Å²) in [6.45, 7) is 1.54. The molecule has 2 N–H and O–H groups in total. The maximum absolute atomic E-state index is 5.84. The lowest BCUT2D eigenvalue weighted by Gasteiger charge is -2.29. The van der Waals surface area contributed by atoms with Gasteiger partial charge in [-0.15, -0.1) is 0 Å². The van der Waals surface area contributed by atoms with E-state index < -0.39 is 0 Å². The number of hydrogen-bond donors (Lipinski definition) is 1. The molecule has 0 amide bonds. The van der Waals surface area contributed by atoms with Gasteiger partial charge in [0.2, 0.25) is 0 Å². The molecule has 1 aromatic rings. The molecule has 0 aliphatic carbocycles. The first kappa shape index (κ1) is 16.0. The van der Waals surface area contributed by atoms with Gasteiger partial charge in [-0.2, -0.15) is 0 Å². The molecule has 19 heavy (non-hydrogen) atoms. The number of likely N-dealkylation sites (N-methyl/N-ethyl adjacent to an activating group) is 1. The third-order valence-corrected chi connectivity index (χ3v) is 3.39. The summed E-state index contributed by atoms with van der Waals surface area (Å²) in [7, 11) is 5.39. The quantitative estimate of drug-likeness (QED) is 0.673. The maximum atomic E-state index is 5.84. The van der Waals surface area contributed by atoms with E-state index in [9.17, 15) is 0 Å². The summed E-state index contributed by atoms with van der Waals surface area (Å²) >= 11 is 0. The standard InChI is InChI=1S/C14H25N3O2/c1-17(9-6-12-4-7-16-8-5-12)13(11-15)10-14(18-2)19-3/h4-5,7-8,13-14H,6,9-11,15H2,1-3H3. The number of ether oxygens (including phenoxy) is 2. The molecule has 0 aromatic carbocycles. The fourth-order valence-electron chi connectivity index (χ4n) is 2.00. The van der Waals surface area contributed by atoms with Crippen LogP contribution in [0.5, 0.6) is 0 Å². The van der Waals surface area contributed by atoms with E-state index in [2.05, 4.69) is 16.9 Å². The van der Waals surface area contributed by atoms with Crippen LogP contribution in [-0.2, 0) is 15.9 Å². The Morgan fingerprint density at radius 3 is 2.42 bits per heavy atom. The molecule has 1 rings (SSSR count). The van der Waals surface area contributed by atoms with Crippen LogP contribution in [0.1, 0.15) is 12.0 Å². The summed E-state index contributed by atoms with van der Waals surface area (Å²) in [6.07, 6.45) is 5.21. The van der Waals surface area contributed by atoms with E-state index >= 15 is 0 Å². The molecule has 1 atom stereocenters. The van der Waals surface area contributed by atoms with Crippen molar-refractivity contribution in [2.75, 3.05) is 34.4 Å². The molecule has 0 saturated heterocycles. The number of nitrogens with zero attached hydrogens (tertiary/aromatic N) is 2. The van der Waals surface area contributed by atoms with Crippen molar-refractivity contribution in [3.05, 3.63) is 30.1 Å². The molecule has 5 heteroatoms. The lowest BCUT2D eigenvalue weighted by Crippen LogP contribution is -2.42. The first-order valence-electron chi connectivity index (χ1n) is 6.56. The molecule has 0 aliphatic heterocycles. The Labute approximate surface area is 115 Å². The molecule has 5 nitrogen and oxygen atoms in total. The number of rotatable bonds is 9. The Balaban J connectivity index is 2.43. The first-order valence-corrected chi connectivity index (χ1v) is 6.56. The number of methoxy groups -OCH3 is 2. The summed E-state index contributed by atoms with van der Waals surface area (Å²) in [5.74, 6) is 0. The Morgan fingerprint density at radius 1 is 1.26 bits per heavy atom. The highest BCUT2D eigenvalue weighted by Gasteiger charge is 2.18. The van der Waals surface area contributed by atoms with Crippen molar-refractivity contribution in [1.29, 1.82) is 0 Å². The molecule has 0 spiro atoms. The Hall–Kier alpha value is -1.01. The van der Waals surface area contributed by atoms with Gasteiger partial charge < -0.3 is 20.1 Å². The highest BCUT2D eigenvalue weighted by atomic mass is 16.7. The molecule has 0 fully saturated rings. The monoisotopic (exact) mass is 267 g/mol. The van der Waals surface area contributed by atoms with E-state index in [1.54, 1.807) is 14.2 Å². The second kappa shape index (κ2) is 8.98. The van der Waals surface area contributed by atoms with Crippen molar-refractivity contribution in [2.45, 2.75) is 25.2 Å². The van der Waals surface area contributed by atoms with Crippen LogP contribution in [0.25, 0.3) is 0 Å². The van der Waals surface area contributed by atoms with Crippen molar-refractivity contribution in [1.82, 2.24) is 9.88 Å². The predicted molar refractivity (Wildman–Crippen MR) is 75.8 cm³/mol. The van der Waals surface area contributed by atoms with Crippen LogP contribution >= 0.6 is 0 Å². The van der Waals surface area contributed by atoms with Crippen molar-refractivity contribution in [2.24, 2.45) is 5.73 Å². The topological polar surface area (TPSA) is 60.6 Å². The van der Waals surface area contributed by atoms with Crippen molar-refractivity contribution < 1.29 is 9.47 Å². The Bertz CT molecular complexity index is 331. The average Bonchev–Trinajstić information content (AvgIpc) is 2.47. The largest absolute Gasteiger partial charge is 0.356 e. The van der Waals surface area contributed by atoms with Gasteiger partial charge in [-0.3, -0.25) is 4.98 Å². The normalized spacial score (nSPS) is 13.2. The molecule has 1 heterocycles. The lowest BCUT2D eigenvalue weighted by molar-refractivity contribution is -0.115. The van der Waals surface area contributed by atoms with Gasteiger partial charge in [-0.05, 0) is 31.2 Å². The fourth-order valence-corrected chi connectivity index (χ4v) is 2.00. The predicted octanol–water partition coefficient (Wildman–Crippen LogP) is 0.892. The third-order valence-electron chi connectivity index (χ3n) is 3.39. The molecule has 0 aliphatic rings. The summed E-state index contributed by atoms with van der Waals surface area (Å²) in [6, 6.07) is 4.34. The van der Waals surface area contributed by atoms with Gasteiger partial charge in [0.25, 0.3) is 0 Å². The van der Waals surface area contributed by atoms with Crippen LogP contribution in [0.15, 0.2) is 24.5 Å². The van der Waals surface area contributed by atoms with Gasteiger partial charge in [0.1, 0.15) is 0 Å². The van der Waals surface area contributed by atoms with Crippen LogP contribution in [0.2, 0.25) is 0 Å². The number of hydrogen-bond acceptors (Lipinski definition) is 5. The van der Waals surface area contributed by atoms with Crippen molar-refractivity contribution >= 4 is 0 Å². The van der Waals surface area contributed by atoms with Crippen LogP contribution in [-0.4, -0.2) is 56.6 Å². The average molecular weight is 267 g/mol. The molecule has 0 bridgehead atoms. The summed E-state index contributed by atoms with van der Waals surface area (Å²) < 4.78 is 10.5. The second-order valence-corrected chi connectivity index (χ2v) is 4.61. The maximum Gasteiger partial charge on any atom is 0.158 e. The minimum atomic E-state index is -0.197. The van der Waals surface area contributed by atoms with Gasteiger partial charge >= 0.3 is 0 Å². The highest BCUT2D eigenvalue weighted by Crippen LogP contribution is 2.09. The molecule has 108 valence electrons. The number of pyridine rings is 1. The molecular formula is C14H25N3O2. The zero-order chi connectivity index (χ0) is 14.1. The van der Waals surface area contributed by atoms with Crippen molar-refractivity contribution in [3.8, 4) is 0 Å². The molecule has 0 saturated carbocycles. The van der Waals surface area contributed by atoms with Crippen LogP contribution in [0, 0.1) is 0 Å². The zero-order valence-electron chi connectivity index (χ0n) is 12.1. The van der Waals surface area contributed by atoms with E-state index in [0.717, 1.165) is 19.4 Å². The van der Waals surface area contributed by atoms with Gasteiger partial charge in [-0.1, -0.05) is 0 Å². The minimum absolute atomic E-state index is 0.197. The molecule has 0 radical (unpaired) electrons. The Kier molecular flexibility index (Phi) is 7.59. The Morgan fingerprint density at radius 2 is 1.89 bits per heavy atom. The van der Waals surface area contributed by atoms with Crippen molar-refractivity contribution in [3.63, 3.8) is 0 Å². The summed E-state index contributed by atoms with van der Waals surface area (Å²) in [4.78, 5) is 6.27. The van der Waals surface area contributed by atoms with E-state index in [1.165, 1.54) is 5.56 Å². The SMILES string of the molecule is COC(CC(CN)N(C)CCc1ccncc1)OC. The van der Waals surface area contributed by atoms with E-state index in [1.807, 2.05) is 24.5 Å². The smallest absolute Gasteiger partial charge is 0.158 e. The van der Waals surface area contributed by atoms with Crippen LogP contribution in [0.3, 0.4) is 0 Å². The fraction of sp³-hybridized carbons (Fsp3) is 0.643. The minimum Gasteiger partial charge on any atom is -0.356 e. The molecular weight excluding hydrogens is 242 g/mol. The lowest BCUT2D eigenvalue weighted by atomic mass is 10.1. The van der Waals surface area contributed by atoms with Gasteiger partial charge in [-0.25, -0.2) is 0 Å². The van der Waals surface area contributed by atoms with Crippen LogP contribution < -0.4 is 5.73 Å². The third kappa shape index (κ3) is 5.65. The first-order chi connectivity index (χ1) is 9.21. The summed E-state index contributed by atoms with van der Waals surface area (Å²) in [5, 5.41) is 0. The van der Waals surface area contributed by atoms with Gasteiger partial charge in [0, 0.05) is 52.2 Å². The number of nitrogens with two attached hydrogens (primary N) is 1. The summed E-state index contributed by atoms with van der Waals surface area (Å²) in [5.41, 5.74) is 7.12. The molecule has 1 aromatic heterocycles. The van der Waals surface area contributed by atoms with Gasteiger partial charge in [0.05, 0.1) is 0 Å². The van der Waals surface area contributed by atoms with E-state index in [-0.39, 0.29) is 12.3 Å². The number of aromatic nitrogens is 1. The second-order valence-electron chi connectivity index (χ2n) is 4.61. The highest BCUT2D eigenvalue weighted by molar-refractivity contribution is 5.09. The van der Waals surface area contributed by atoms with E-state index in [0.29, 0.717) is 6.54 Å². The van der Waals surface area contributed by atoms with E-state index in [4.69, 9.17) is 15.2 Å².